The molecule has 2 aliphatic rings. The van der Waals surface area contributed by atoms with Crippen molar-refractivity contribution in [1.82, 2.24) is 0 Å². The smallest absolute Gasteiger partial charge is 0.227 e. The van der Waals surface area contributed by atoms with Gasteiger partial charge in [-0.2, -0.15) is 0 Å². The molecule has 1 saturated heterocycles. The molecule has 0 spiro atoms. The molecule has 3 rings (SSSR count). The molecule has 102 valence electrons. The van der Waals surface area contributed by atoms with Gasteiger partial charge in [0.2, 0.25) is 5.91 Å². The van der Waals surface area contributed by atoms with Crippen LogP contribution in [0.25, 0.3) is 0 Å². The van der Waals surface area contributed by atoms with E-state index in [0.29, 0.717) is 17.8 Å². The SMILES string of the molecule is Cc1cc(C2CC2(C)C)cc(C)c1N1CCCC1=O. The summed E-state index contributed by atoms with van der Waals surface area (Å²) >= 11 is 0. The standard InChI is InChI=1S/C17H23NO/c1-11-8-13(14-10-17(14,3)4)9-12(2)16(11)18-7-5-6-15(18)19/h8-9,14H,5-7,10H2,1-4H3. The first-order valence-electron chi connectivity index (χ1n) is 7.31. The van der Waals surface area contributed by atoms with Gasteiger partial charge >= 0.3 is 0 Å². The molecule has 0 aromatic heterocycles. The molecule has 1 amide bonds. The third-order valence-electron chi connectivity index (χ3n) is 4.77. The van der Waals surface area contributed by atoms with Gasteiger partial charge in [0.1, 0.15) is 0 Å². The molecule has 1 aliphatic carbocycles. The largest absolute Gasteiger partial charge is 0.312 e. The van der Waals surface area contributed by atoms with Crippen molar-refractivity contribution in [3.8, 4) is 0 Å². The van der Waals surface area contributed by atoms with E-state index in [9.17, 15) is 4.79 Å². The Bertz CT molecular complexity index is 521. The lowest BCUT2D eigenvalue weighted by Crippen LogP contribution is -2.25. The van der Waals surface area contributed by atoms with E-state index < -0.39 is 0 Å². The van der Waals surface area contributed by atoms with Crippen LogP contribution in [0.2, 0.25) is 0 Å². The maximum atomic E-state index is 11.9. The highest BCUT2D eigenvalue weighted by Gasteiger charge is 2.46. The van der Waals surface area contributed by atoms with Crippen LogP contribution in [-0.4, -0.2) is 12.5 Å². The average molecular weight is 257 g/mol. The van der Waals surface area contributed by atoms with Gasteiger partial charge in [-0.05, 0) is 54.7 Å². The zero-order valence-corrected chi connectivity index (χ0v) is 12.4. The Morgan fingerprint density at radius 3 is 2.21 bits per heavy atom. The van der Waals surface area contributed by atoms with Gasteiger partial charge in [-0.3, -0.25) is 4.79 Å². The number of benzene rings is 1. The Kier molecular flexibility index (Phi) is 2.74. The zero-order chi connectivity index (χ0) is 13.8. The first kappa shape index (κ1) is 12.7. The summed E-state index contributed by atoms with van der Waals surface area (Å²) in [6.07, 6.45) is 2.99. The van der Waals surface area contributed by atoms with Gasteiger partial charge in [0.25, 0.3) is 0 Å². The lowest BCUT2D eigenvalue weighted by molar-refractivity contribution is -0.117. The highest BCUT2D eigenvalue weighted by Crippen LogP contribution is 2.59. The molecule has 1 aromatic rings. The van der Waals surface area contributed by atoms with E-state index in [2.05, 4.69) is 39.8 Å². The van der Waals surface area contributed by atoms with Crippen molar-refractivity contribution >= 4 is 11.6 Å². The molecule has 1 atom stereocenters. The van der Waals surface area contributed by atoms with Crippen molar-refractivity contribution < 1.29 is 4.79 Å². The van der Waals surface area contributed by atoms with E-state index in [0.717, 1.165) is 18.7 Å². The van der Waals surface area contributed by atoms with Crippen LogP contribution in [0, 0.1) is 19.3 Å². The second-order valence-electron chi connectivity index (χ2n) is 6.90. The van der Waals surface area contributed by atoms with Crippen molar-refractivity contribution in [2.24, 2.45) is 5.41 Å². The number of carbonyl (C=O) groups excluding carboxylic acids is 1. The van der Waals surface area contributed by atoms with Gasteiger partial charge in [-0.25, -0.2) is 0 Å². The Morgan fingerprint density at radius 2 is 1.79 bits per heavy atom. The number of hydrogen-bond acceptors (Lipinski definition) is 1. The third kappa shape index (κ3) is 2.07. The molecule has 2 nitrogen and oxygen atoms in total. The normalized spacial score (nSPS) is 24.9. The minimum Gasteiger partial charge on any atom is -0.312 e. The van der Waals surface area contributed by atoms with Crippen molar-refractivity contribution in [3.05, 3.63) is 28.8 Å². The van der Waals surface area contributed by atoms with Crippen LogP contribution in [0.1, 0.15) is 55.7 Å². The molecule has 0 bridgehead atoms. The number of hydrogen-bond donors (Lipinski definition) is 0. The van der Waals surface area contributed by atoms with Gasteiger partial charge in [0, 0.05) is 18.7 Å². The summed E-state index contributed by atoms with van der Waals surface area (Å²) in [5.41, 5.74) is 5.59. The Morgan fingerprint density at radius 1 is 1.21 bits per heavy atom. The molecule has 19 heavy (non-hydrogen) atoms. The fourth-order valence-electron chi connectivity index (χ4n) is 3.54. The van der Waals surface area contributed by atoms with E-state index in [4.69, 9.17) is 0 Å². The van der Waals surface area contributed by atoms with Crippen LogP contribution in [0.15, 0.2) is 12.1 Å². The van der Waals surface area contributed by atoms with E-state index in [1.807, 2.05) is 4.90 Å². The Hall–Kier alpha value is -1.31. The number of amides is 1. The quantitative estimate of drug-likeness (QED) is 0.785. The summed E-state index contributed by atoms with van der Waals surface area (Å²) in [6, 6.07) is 4.60. The molecule has 2 fully saturated rings. The number of rotatable bonds is 2. The highest BCUT2D eigenvalue weighted by atomic mass is 16.2. The van der Waals surface area contributed by atoms with E-state index in [1.54, 1.807) is 0 Å². The first-order chi connectivity index (χ1) is 8.90. The summed E-state index contributed by atoms with van der Waals surface area (Å²) in [7, 11) is 0. The minimum atomic E-state index is 0.283. The van der Waals surface area contributed by atoms with Gasteiger partial charge in [-0.15, -0.1) is 0 Å². The third-order valence-corrected chi connectivity index (χ3v) is 4.77. The Labute approximate surface area is 115 Å². The predicted molar refractivity (Wildman–Crippen MR) is 78.6 cm³/mol. The number of anilines is 1. The molecule has 1 aliphatic heterocycles. The number of carbonyl (C=O) groups is 1. The second-order valence-corrected chi connectivity index (χ2v) is 6.90. The molecular formula is C17H23NO. The van der Waals surface area contributed by atoms with Crippen molar-refractivity contribution in [2.45, 2.75) is 52.9 Å². The second kappa shape index (κ2) is 4.09. The summed E-state index contributed by atoms with van der Waals surface area (Å²) in [5, 5.41) is 0. The lowest BCUT2D eigenvalue weighted by atomic mass is 9.97. The predicted octanol–water partition coefficient (Wildman–Crippen LogP) is 3.94. The monoisotopic (exact) mass is 257 g/mol. The van der Waals surface area contributed by atoms with Gasteiger partial charge in [-0.1, -0.05) is 26.0 Å². The molecule has 0 N–H and O–H groups in total. The molecule has 1 aromatic carbocycles. The lowest BCUT2D eigenvalue weighted by Gasteiger charge is -2.22. The number of aryl methyl sites for hydroxylation is 2. The molecular weight excluding hydrogens is 234 g/mol. The summed E-state index contributed by atoms with van der Waals surface area (Å²) in [5.74, 6) is 0.985. The molecule has 1 saturated carbocycles. The first-order valence-corrected chi connectivity index (χ1v) is 7.31. The Balaban J connectivity index is 1.97. The van der Waals surface area contributed by atoms with Gasteiger partial charge in [0.05, 0.1) is 0 Å². The van der Waals surface area contributed by atoms with Gasteiger partial charge in [0.15, 0.2) is 0 Å². The highest BCUT2D eigenvalue weighted by molar-refractivity contribution is 5.96. The van der Waals surface area contributed by atoms with Crippen LogP contribution in [0.4, 0.5) is 5.69 Å². The summed E-state index contributed by atoms with van der Waals surface area (Å²) in [6.45, 7) is 9.84. The maximum absolute atomic E-state index is 11.9. The van der Waals surface area contributed by atoms with E-state index in [-0.39, 0.29) is 5.91 Å². The van der Waals surface area contributed by atoms with Crippen molar-refractivity contribution in [1.29, 1.82) is 0 Å². The average Bonchev–Trinajstić information content (AvgIpc) is 2.74. The summed E-state index contributed by atoms with van der Waals surface area (Å²) < 4.78 is 0. The topological polar surface area (TPSA) is 20.3 Å². The van der Waals surface area contributed by atoms with Crippen LogP contribution in [0.3, 0.4) is 0 Å². The zero-order valence-electron chi connectivity index (χ0n) is 12.4. The van der Waals surface area contributed by atoms with E-state index >= 15 is 0 Å². The van der Waals surface area contributed by atoms with Crippen molar-refractivity contribution in [3.63, 3.8) is 0 Å². The van der Waals surface area contributed by atoms with Crippen LogP contribution in [0.5, 0.6) is 0 Å². The molecule has 1 unspecified atom stereocenters. The molecule has 1 heterocycles. The maximum Gasteiger partial charge on any atom is 0.227 e. The van der Waals surface area contributed by atoms with Gasteiger partial charge < -0.3 is 4.90 Å². The fourth-order valence-corrected chi connectivity index (χ4v) is 3.54. The van der Waals surface area contributed by atoms with Crippen LogP contribution >= 0.6 is 0 Å². The minimum absolute atomic E-state index is 0.283. The van der Waals surface area contributed by atoms with Crippen LogP contribution < -0.4 is 4.90 Å². The summed E-state index contributed by atoms with van der Waals surface area (Å²) in [4.78, 5) is 13.9. The van der Waals surface area contributed by atoms with Crippen molar-refractivity contribution in [2.75, 3.05) is 11.4 Å². The fraction of sp³-hybridized carbons (Fsp3) is 0.588. The molecule has 2 heteroatoms. The van der Waals surface area contributed by atoms with E-state index in [1.165, 1.54) is 23.1 Å². The molecule has 0 radical (unpaired) electrons. The number of nitrogens with zero attached hydrogens (tertiary/aromatic N) is 1. The van der Waals surface area contributed by atoms with Crippen LogP contribution in [-0.2, 0) is 4.79 Å².